The Morgan fingerprint density at radius 2 is 1.84 bits per heavy atom. The molecule has 2 saturated carbocycles. The van der Waals surface area contributed by atoms with Crippen LogP contribution in [0.3, 0.4) is 0 Å². The number of carbonyl (C=O) groups is 3. The summed E-state index contributed by atoms with van der Waals surface area (Å²) in [6.45, 7) is 1.83. The van der Waals surface area contributed by atoms with Gasteiger partial charge < -0.3 is 14.9 Å². The molecule has 104 valence electrons. The lowest BCUT2D eigenvalue weighted by Crippen LogP contribution is -2.34. The number of ketones is 2. The third-order valence-electron chi connectivity index (χ3n) is 3.44. The van der Waals surface area contributed by atoms with Gasteiger partial charge in [-0.1, -0.05) is 0 Å². The van der Waals surface area contributed by atoms with E-state index < -0.39 is 34.8 Å². The van der Waals surface area contributed by atoms with Crippen LogP contribution in [0.25, 0.3) is 0 Å². The van der Waals surface area contributed by atoms with E-state index in [1.165, 1.54) is 0 Å². The van der Waals surface area contributed by atoms with Crippen molar-refractivity contribution in [2.45, 2.75) is 38.2 Å². The second-order valence-corrected chi connectivity index (χ2v) is 4.96. The van der Waals surface area contributed by atoms with Crippen molar-refractivity contribution in [1.82, 2.24) is 0 Å². The van der Waals surface area contributed by atoms with Gasteiger partial charge in [0.15, 0.2) is 11.6 Å². The number of esters is 1. The van der Waals surface area contributed by atoms with Gasteiger partial charge in [0.05, 0.1) is 12.5 Å². The molecule has 0 aromatic rings. The van der Waals surface area contributed by atoms with E-state index in [1.54, 1.807) is 6.92 Å². The number of aliphatic hydroxyl groups excluding tert-OH is 1. The van der Waals surface area contributed by atoms with Gasteiger partial charge in [0.1, 0.15) is 16.9 Å². The number of aliphatic hydroxyl groups is 2. The van der Waals surface area contributed by atoms with Crippen LogP contribution in [0.2, 0.25) is 0 Å². The lowest BCUT2D eigenvalue weighted by atomic mass is 9.82. The first-order chi connectivity index (χ1) is 8.89. The minimum atomic E-state index is -1.42. The summed E-state index contributed by atoms with van der Waals surface area (Å²) in [6.07, 6.45) is 0.342. The van der Waals surface area contributed by atoms with Crippen molar-refractivity contribution in [2.24, 2.45) is 5.92 Å². The fraction of sp³-hybridized carbons (Fsp3) is 0.615. The summed E-state index contributed by atoms with van der Waals surface area (Å²) in [6, 6.07) is 0. The Morgan fingerprint density at radius 1 is 1.32 bits per heavy atom. The lowest BCUT2D eigenvalue weighted by molar-refractivity contribution is -0.151. The molecule has 0 aliphatic heterocycles. The molecule has 2 aliphatic rings. The summed E-state index contributed by atoms with van der Waals surface area (Å²) in [5.74, 6) is -3.11. The van der Waals surface area contributed by atoms with Gasteiger partial charge in [0.25, 0.3) is 0 Å². The van der Waals surface area contributed by atoms with Gasteiger partial charge in [-0.15, -0.1) is 0 Å². The molecule has 0 spiro atoms. The molecule has 0 heterocycles. The lowest BCUT2D eigenvalue weighted by Gasteiger charge is -2.22. The molecule has 19 heavy (non-hydrogen) atoms. The van der Waals surface area contributed by atoms with Crippen LogP contribution in [0.4, 0.5) is 0 Å². The molecule has 0 amide bonds. The van der Waals surface area contributed by atoms with Crippen LogP contribution >= 0.6 is 0 Å². The van der Waals surface area contributed by atoms with Gasteiger partial charge >= 0.3 is 5.97 Å². The van der Waals surface area contributed by atoms with Gasteiger partial charge in [-0.25, -0.2) is 0 Å². The van der Waals surface area contributed by atoms with Crippen molar-refractivity contribution in [3.63, 3.8) is 0 Å². The molecule has 0 radical (unpaired) electrons. The topological polar surface area (TPSA) is 101 Å². The first-order valence-electron chi connectivity index (χ1n) is 6.28. The van der Waals surface area contributed by atoms with Crippen molar-refractivity contribution in [1.29, 1.82) is 0 Å². The number of allylic oxidation sites excluding steroid dienone is 1. The first-order valence-corrected chi connectivity index (χ1v) is 6.28. The summed E-state index contributed by atoms with van der Waals surface area (Å²) in [5.41, 5.74) is -1.77. The van der Waals surface area contributed by atoms with Gasteiger partial charge in [-0.2, -0.15) is 0 Å². The zero-order valence-electron chi connectivity index (χ0n) is 10.6. The Kier molecular flexibility index (Phi) is 3.45. The fourth-order valence-electron chi connectivity index (χ4n) is 2.16. The van der Waals surface area contributed by atoms with Crippen LogP contribution < -0.4 is 0 Å². The molecule has 2 N–H and O–H groups in total. The summed E-state index contributed by atoms with van der Waals surface area (Å²) < 4.78 is 4.78. The second-order valence-electron chi connectivity index (χ2n) is 4.96. The molecule has 0 aromatic carbocycles. The molecular weight excluding hydrogens is 252 g/mol. The summed E-state index contributed by atoms with van der Waals surface area (Å²) >= 11 is 0. The quantitative estimate of drug-likeness (QED) is 0.333. The van der Waals surface area contributed by atoms with Crippen LogP contribution in [-0.4, -0.2) is 40.0 Å². The van der Waals surface area contributed by atoms with Gasteiger partial charge in [0, 0.05) is 12.8 Å². The molecule has 0 unspecified atom stereocenters. The fourth-order valence-corrected chi connectivity index (χ4v) is 2.16. The molecule has 2 rings (SSSR count). The molecule has 6 heteroatoms. The highest BCUT2D eigenvalue weighted by Gasteiger charge is 2.49. The average Bonchev–Trinajstić information content (AvgIpc) is 3.08. The van der Waals surface area contributed by atoms with Crippen molar-refractivity contribution >= 4 is 17.5 Å². The van der Waals surface area contributed by atoms with Crippen LogP contribution in [0.5, 0.6) is 0 Å². The number of hydrogen-bond donors (Lipinski definition) is 2. The Hall–Kier alpha value is -1.69. The van der Waals surface area contributed by atoms with Gasteiger partial charge in [-0.05, 0) is 19.8 Å². The van der Waals surface area contributed by atoms with Crippen molar-refractivity contribution in [3.8, 4) is 0 Å². The molecule has 0 saturated heterocycles. The van der Waals surface area contributed by atoms with E-state index in [0.717, 1.165) is 0 Å². The van der Waals surface area contributed by atoms with E-state index in [2.05, 4.69) is 0 Å². The Labute approximate surface area is 110 Å². The van der Waals surface area contributed by atoms with E-state index in [0.29, 0.717) is 12.8 Å². The van der Waals surface area contributed by atoms with Crippen molar-refractivity contribution in [3.05, 3.63) is 11.3 Å². The van der Waals surface area contributed by atoms with E-state index in [1.807, 2.05) is 0 Å². The minimum Gasteiger partial charge on any atom is -0.508 e. The van der Waals surface area contributed by atoms with Crippen molar-refractivity contribution < 1.29 is 29.3 Å². The molecule has 2 fully saturated rings. The number of Topliss-reactive ketones (excluding diaryl/α,β-unsaturated/α-hetero) is 2. The smallest absolute Gasteiger partial charge is 0.309 e. The SMILES string of the molecule is CCOC(=O)C1CC(=O)C(=C(O)C2(O)CC2)C(=O)C1. The normalized spacial score (nSPS) is 25.2. The Morgan fingerprint density at radius 3 is 2.26 bits per heavy atom. The molecule has 6 nitrogen and oxygen atoms in total. The first kappa shape index (κ1) is 13.7. The Bertz CT molecular complexity index is 452. The molecule has 0 aromatic heterocycles. The number of ether oxygens (including phenoxy) is 1. The van der Waals surface area contributed by atoms with E-state index >= 15 is 0 Å². The number of hydrogen-bond acceptors (Lipinski definition) is 6. The maximum Gasteiger partial charge on any atom is 0.309 e. The van der Waals surface area contributed by atoms with Gasteiger partial charge in [-0.3, -0.25) is 14.4 Å². The van der Waals surface area contributed by atoms with Gasteiger partial charge in [0.2, 0.25) is 0 Å². The minimum absolute atomic E-state index is 0.167. The maximum absolute atomic E-state index is 11.9. The second kappa shape index (κ2) is 4.77. The van der Waals surface area contributed by atoms with E-state index in [4.69, 9.17) is 4.74 Å². The number of rotatable bonds is 3. The van der Waals surface area contributed by atoms with Crippen LogP contribution in [0, 0.1) is 5.92 Å². The zero-order chi connectivity index (χ0) is 14.2. The van der Waals surface area contributed by atoms with Crippen LogP contribution in [0.15, 0.2) is 11.3 Å². The third kappa shape index (κ3) is 2.53. The summed E-state index contributed by atoms with van der Waals surface area (Å²) in [7, 11) is 0. The number of carbonyl (C=O) groups excluding carboxylic acids is 3. The Balaban J connectivity index is 2.18. The monoisotopic (exact) mass is 268 g/mol. The largest absolute Gasteiger partial charge is 0.508 e. The van der Waals surface area contributed by atoms with Crippen LogP contribution in [-0.2, 0) is 19.1 Å². The molecule has 0 atom stereocenters. The highest BCUT2D eigenvalue weighted by Crippen LogP contribution is 2.43. The predicted molar refractivity (Wildman–Crippen MR) is 63.2 cm³/mol. The van der Waals surface area contributed by atoms with E-state index in [-0.39, 0.29) is 25.0 Å². The molecule has 2 aliphatic carbocycles. The average molecular weight is 268 g/mol. The standard InChI is InChI=1S/C13H16O6/c1-2-19-12(17)7-5-8(14)10(9(15)6-7)11(16)13(18)3-4-13/h7,16,18H,2-6H2,1H3. The van der Waals surface area contributed by atoms with Crippen molar-refractivity contribution in [2.75, 3.05) is 6.61 Å². The summed E-state index contributed by atoms with van der Waals surface area (Å²) in [5, 5.41) is 19.6. The highest BCUT2D eigenvalue weighted by atomic mass is 16.5. The third-order valence-corrected chi connectivity index (χ3v) is 3.44. The van der Waals surface area contributed by atoms with E-state index in [9.17, 15) is 24.6 Å². The molecular formula is C13H16O6. The van der Waals surface area contributed by atoms with Crippen LogP contribution in [0.1, 0.15) is 32.6 Å². The predicted octanol–water partition coefficient (Wildman–Crippen LogP) is 0.435. The zero-order valence-corrected chi connectivity index (χ0v) is 10.6. The highest BCUT2D eigenvalue weighted by molar-refractivity contribution is 6.23. The maximum atomic E-state index is 11.9. The molecule has 0 bridgehead atoms. The summed E-state index contributed by atoms with van der Waals surface area (Å²) in [4.78, 5) is 35.3.